The average molecular weight is 392 g/mol. The van der Waals surface area contributed by atoms with E-state index in [0.717, 1.165) is 31.6 Å². The number of hydrogen-bond donors (Lipinski definition) is 1. The van der Waals surface area contributed by atoms with Crippen molar-refractivity contribution in [3.8, 4) is 5.75 Å². The number of carbonyl (C=O) groups excluding carboxylic acids is 1. The molecule has 2 heterocycles. The zero-order valence-electron chi connectivity index (χ0n) is 16.7. The molecule has 2 fully saturated rings. The van der Waals surface area contributed by atoms with E-state index in [1.165, 1.54) is 24.0 Å². The molecule has 2 aliphatic carbocycles. The van der Waals surface area contributed by atoms with Gasteiger partial charge in [0.05, 0.1) is 11.7 Å². The number of aryl methyl sites for hydroxylation is 1. The number of pyridine rings is 1. The van der Waals surface area contributed by atoms with Crippen LogP contribution in [0, 0.1) is 11.8 Å². The van der Waals surface area contributed by atoms with E-state index >= 15 is 0 Å². The number of nitrogens with zero attached hydrogens (tertiary/aromatic N) is 2. The lowest BCUT2D eigenvalue weighted by atomic mass is 9.78. The molecule has 1 saturated heterocycles. The van der Waals surface area contributed by atoms with E-state index in [-0.39, 0.29) is 12.0 Å². The van der Waals surface area contributed by atoms with Crippen molar-refractivity contribution in [3.05, 3.63) is 59.4 Å². The first-order chi connectivity index (χ1) is 14.2. The van der Waals surface area contributed by atoms with Crippen molar-refractivity contribution < 1.29 is 14.6 Å². The average Bonchev–Trinajstić information content (AvgIpc) is 3.17. The predicted molar refractivity (Wildman–Crippen MR) is 110 cm³/mol. The van der Waals surface area contributed by atoms with Crippen molar-refractivity contribution in [1.29, 1.82) is 0 Å². The van der Waals surface area contributed by atoms with Crippen LogP contribution in [-0.4, -0.2) is 46.2 Å². The first-order valence-electron chi connectivity index (χ1n) is 10.8. The molecule has 5 nitrogen and oxygen atoms in total. The van der Waals surface area contributed by atoms with Crippen molar-refractivity contribution in [1.82, 2.24) is 9.88 Å². The van der Waals surface area contributed by atoms with Crippen molar-refractivity contribution in [3.63, 3.8) is 0 Å². The summed E-state index contributed by atoms with van der Waals surface area (Å²) in [5, 5.41) is 10.8. The van der Waals surface area contributed by atoms with E-state index in [0.29, 0.717) is 30.4 Å². The molecule has 0 unspecified atom stereocenters. The standard InChI is InChI=1S/C24H28N2O3/c27-21-11-18-14-26(24(28)17-7-4-10-25-13-17)15-19(18)12-23(21)29-22-9-3-6-16-5-1-2-8-20(16)22/h3-4,6-7,9-10,13,18-19,21,23,27H,1-2,5,8,11-12,14-15H2/t18-,19+,21+,23+/m0/s1. The van der Waals surface area contributed by atoms with Crippen LogP contribution in [0.5, 0.6) is 5.75 Å². The third-order valence-electron chi connectivity index (χ3n) is 6.91. The molecule has 0 bridgehead atoms. The maximum atomic E-state index is 12.8. The van der Waals surface area contributed by atoms with Gasteiger partial charge in [0.1, 0.15) is 11.9 Å². The van der Waals surface area contributed by atoms with Gasteiger partial charge >= 0.3 is 0 Å². The molecule has 1 aliphatic heterocycles. The fourth-order valence-electron chi connectivity index (χ4n) is 5.37. The Bertz CT molecular complexity index is 885. The van der Waals surface area contributed by atoms with E-state index in [9.17, 15) is 9.90 Å². The molecule has 0 radical (unpaired) electrons. The van der Waals surface area contributed by atoms with Crippen LogP contribution >= 0.6 is 0 Å². The minimum absolute atomic E-state index is 0.0385. The zero-order chi connectivity index (χ0) is 19.8. The van der Waals surface area contributed by atoms with Gasteiger partial charge in [0, 0.05) is 25.5 Å². The molecule has 29 heavy (non-hydrogen) atoms. The Labute approximate surface area is 171 Å². The monoisotopic (exact) mass is 392 g/mol. The smallest absolute Gasteiger partial charge is 0.255 e. The van der Waals surface area contributed by atoms with E-state index in [2.05, 4.69) is 23.2 Å². The lowest BCUT2D eigenvalue weighted by Crippen LogP contribution is -2.42. The highest BCUT2D eigenvalue weighted by Gasteiger charge is 2.44. The van der Waals surface area contributed by atoms with Crippen molar-refractivity contribution in [2.75, 3.05) is 13.1 Å². The highest BCUT2D eigenvalue weighted by Crippen LogP contribution is 2.39. The number of amides is 1. The van der Waals surface area contributed by atoms with Gasteiger partial charge < -0.3 is 14.7 Å². The zero-order valence-corrected chi connectivity index (χ0v) is 16.7. The number of aliphatic hydroxyl groups excluding tert-OH is 1. The summed E-state index contributed by atoms with van der Waals surface area (Å²) in [6.07, 6.45) is 8.76. The number of hydrogen-bond acceptors (Lipinski definition) is 4. The topological polar surface area (TPSA) is 62.7 Å². The summed E-state index contributed by atoms with van der Waals surface area (Å²) in [5.41, 5.74) is 3.36. The van der Waals surface area contributed by atoms with Gasteiger partial charge in [-0.2, -0.15) is 0 Å². The van der Waals surface area contributed by atoms with Crippen LogP contribution in [0.25, 0.3) is 0 Å². The van der Waals surface area contributed by atoms with Crippen molar-refractivity contribution in [2.24, 2.45) is 11.8 Å². The molecule has 4 atom stereocenters. The summed E-state index contributed by atoms with van der Waals surface area (Å²) in [5.74, 6) is 1.71. The van der Waals surface area contributed by atoms with E-state index in [4.69, 9.17) is 4.74 Å². The SMILES string of the molecule is O=C(c1cccnc1)N1C[C@H]2C[C@@H](Oc3cccc4c3CCCC4)[C@H](O)C[C@H]2C1. The summed E-state index contributed by atoms with van der Waals surface area (Å²) in [4.78, 5) is 18.8. The van der Waals surface area contributed by atoms with Gasteiger partial charge in [-0.25, -0.2) is 0 Å². The third-order valence-corrected chi connectivity index (χ3v) is 6.91. The molecule has 2 aromatic rings. The Morgan fingerprint density at radius 2 is 1.90 bits per heavy atom. The largest absolute Gasteiger partial charge is 0.487 e. The fraction of sp³-hybridized carbons (Fsp3) is 0.500. The Balaban J connectivity index is 1.28. The number of rotatable bonds is 3. The maximum absolute atomic E-state index is 12.8. The predicted octanol–water partition coefficient (Wildman–Crippen LogP) is 3.25. The number of aromatic nitrogens is 1. The van der Waals surface area contributed by atoms with Gasteiger partial charge in [-0.1, -0.05) is 12.1 Å². The molecule has 1 N–H and O–H groups in total. The Morgan fingerprint density at radius 3 is 2.72 bits per heavy atom. The quantitative estimate of drug-likeness (QED) is 0.871. The fourth-order valence-corrected chi connectivity index (χ4v) is 5.37. The van der Waals surface area contributed by atoms with Gasteiger partial charge in [0.25, 0.3) is 5.91 Å². The molecule has 1 saturated carbocycles. The normalized spacial score (nSPS) is 28.5. The highest BCUT2D eigenvalue weighted by atomic mass is 16.5. The number of carbonyl (C=O) groups is 1. The minimum Gasteiger partial charge on any atom is -0.487 e. The second-order valence-corrected chi connectivity index (χ2v) is 8.77. The second kappa shape index (κ2) is 7.79. The Kier molecular flexibility index (Phi) is 5.00. The molecule has 1 amide bonds. The summed E-state index contributed by atoms with van der Waals surface area (Å²) in [6, 6.07) is 9.94. The second-order valence-electron chi connectivity index (χ2n) is 8.77. The highest BCUT2D eigenvalue weighted by molar-refractivity contribution is 5.94. The third kappa shape index (κ3) is 3.64. The van der Waals surface area contributed by atoms with E-state index < -0.39 is 6.10 Å². The number of likely N-dealkylation sites (tertiary alicyclic amines) is 1. The molecule has 152 valence electrons. The maximum Gasteiger partial charge on any atom is 0.255 e. The minimum atomic E-state index is -0.482. The molecule has 3 aliphatic rings. The van der Waals surface area contributed by atoms with Gasteiger partial charge in [-0.15, -0.1) is 0 Å². The number of fused-ring (bicyclic) bond motifs is 2. The van der Waals surface area contributed by atoms with Crippen LogP contribution in [0.15, 0.2) is 42.7 Å². The summed E-state index contributed by atoms with van der Waals surface area (Å²) < 4.78 is 6.39. The van der Waals surface area contributed by atoms with Crippen molar-refractivity contribution >= 4 is 5.91 Å². The summed E-state index contributed by atoms with van der Waals surface area (Å²) >= 11 is 0. The number of ether oxygens (including phenoxy) is 1. The Hall–Kier alpha value is -2.40. The van der Waals surface area contributed by atoms with Crippen molar-refractivity contribution in [2.45, 2.75) is 50.7 Å². The van der Waals surface area contributed by atoms with Crippen LogP contribution < -0.4 is 4.74 Å². The van der Waals surface area contributed by atoms with Gasteiger partial charge in [-0.3, -0.25) is 9.78 Å². The lowest BCUT2D eigenvalue weighted by Gasteiger charge is -2.36. The molecule has 1 aromatic heterocycles. The first kappa shape index (κ1) is 18.6. The van der Waals surface area contributed by atoms with Crippen LogP contribution in [0.3, 0.4) is 0 Å². The Morgan fingerprint density at radius 1 is 1.07 bits per heavy atom. The van der Waals surface area contributed by atoms with E-state index in [1.54, 1.807) is 18.5 Å². The van der Waals surface area contributed by atoms with Gasteiger partial charge in [0.2, 0.25) is 0 Å². The molecule has 1 aromatic carbocycles. The van der Waals surface area contributed by atoms with E-state index in [1.807, 2.05) is 11.0 Å². The first-order valence-corrected chi connectivity index (χ1v) is 10.8. The molecule has 5 rings (SSSR count). The van der Waals surface area contributed by atoms with Gasteiger partial charge in [0.15, 0.2) is 0 Å². The molecule has 0 spiro atoms. The van der Waals surface area contributed by atoms with Crippen LogP contribution in [0.4, 0.5) is 0 Å². The summed E-state index contributed by atoms with van der Waals surface area (Å²) in [7, 11) is 0. The summed E-state index contributed by atoms with van der Waals surface area (Å²) in [6.45, 7) is 1.45. The number of aliphatic hydroxyl groups is 1. The van der Waals surface area contributed by atoms with Crippen LogP contribution in [0.2, 0.25) is 0 Å². The molecular formula is C24H28N2O3. The lowest BCUT2D eigenvalue weighted by molar-refractivity contribution is -0.0236. The van der Waals surface area contributed by atoms with Crippen LogP contribution in [-0.2, 0) is 12.8 Å². The number of benzene rings is 1. The molecule has 5 heteroatoms. The van der Waals surface area contributed by atoms with Crippen LogP contribution in [0.1, 0.15) is 47.2 Å². The van der Waals surface area contributed by atoms with Gasteiger partial charge in [-0.05, 0) is 79.7 Å². The molecular weight excluding hydrogens is 364 g/mol.